The van der Waals surface area contributed by atoms with E-state index in [1.165, 1.54) is 45.2 Å². The molecule has 0 bridgehead atoms. The Morgan fingerprint density at radius 1 is 1.11 bits per heavy atom. The van der Waals surface area contributed by atoms with E-state index >= 15 is 0 Å². The summed E-state index contributed by atoms with van der Waals surface area (Å²) in [6.45, 7) is 7.06. The molecule has 0 spiro atoms. The number of piperidine rings is 1. The maximum Gasteiger partial charge on any atom is -0.00463 e. The number of benzene rings is 1. The predicted octanol–water partition coefficient (Wildman–Crippen LogP) is 3.82. The molecule has 1 fully saturated rings. The third-order valence-corrected chi connectivity index (χ3v) is 4.03. The van der Waals surface area contributed by atoms with E-state index in [0.717, 1.165) is 11.8 Å². The van der Waals surface area contributed by atoms with E-state index in [9.17, 15) is 0 Å². The molecule has 1 heteroatoms. The molecule has 0 atom stereocenters. The molecule has 1 aliphatic rings. The molecule has 0 amide bonds. The van der Waals surface area contributed by atoms with Crippen LogP contribution in [-0.2, 0) is 12.8 Å². The molecule has 1 nitrogen and oxygen atoms in total. The molecular weight excluding hydrogens is 218 g/mol. The van der Waals surface area contributed by atoms with Crippen LogP contribution in [0.2, 0.25) is 0 Å². The largest absolute Gasteiger partial charge is 0.317 e. The monoisotopic (exact) mass is 245 g/mol. The SMILES string of the molecule is CC(C)Cc1ccccc1CCC1CCNCC1. The summed E-state index contributed by atoms with van der Waals surface area (Å²) in [7, 11) is 0. The van der Waals surface area contributed by atoms with Crippen LogP contribution in [0.25, 0.3) is 0 Å². The van der Waals surface area contributed by atoms with E-state index in [-0.39, 0.29) is 0 Å². The van der Waals surface area contributed by atoms with Crippen LogP contribution >= 0.6 is 0 Å². The molecule has 18 heavy (non-hydrogen) atoms. The third-order valence-electron chi connectivity index (χ3n) is 4.03. The van der Waals surface area contributed by atoms with Crippen LogP contribution in [0.1, 0.15) is 44.2 Å². The lowest BCUT2D eigenvalue weighted by molar-refractivity contribution is 0.354. The molecule has 1 heterocycles. The number of aryl methyl sites for hydroxylation is 1. The van der Waals surface area contributed by atoms with E-state index in [4.69, 9.17) is 0 Å². The lowest BCUT2D eigenvalue weighted by atomic mass is 9.89. The maximum atomic E-state index is 3.45. The Bertz CT molecular complexity index is 350. The standard InChI is InChI=1S/C17H27N/c1-14(2)13-17-6-4-3-5-16(17)8-7-15-9-11-18-12-10-15/h3-6,14-15,18H,7-13H2,1-2H3. The van der Waals surface area contributed by atoms with Crippen molar-refractivity contribution >= 4 is 0 Å². The van der Waals surface area contributed by atoms with E-state index in [2.05, 4.69) is 43.4 Å². The molecule has 1 aromatic rings. The van der Waals surface area contributed by atoms with Crippen molar-refractivity contribution in [3.63, 3.8) is 0 Å². The number of hydrogen-bond donors (Lipinski definition) is 1. The summed E-state index contributed by atoms with van der Waals surface area (Å²) in [5, 5.41) is 3.45. The predicted molar refractivity (Wildman–Crippen MR) is 78.9 cm³/mol. The first-order chi connectivity index (χ1) is 8.75. The number of nitrogens with one attached hydrogen (secondary N) is 1. The first-order valence-corrected chi connectivity index (χ1v) is 7.53. The Balaban J connectivity index is 1.91. The van der Waals surface area contributed by atoms with Gasteiger partial charge in [-0.25, -0.2) is 0 Å². The second-order valence-electron chi connectivity index (χ2n) is 6.10. The zero-order valence-electron chi connectivity index (χ0n) is 11.9. The molecule has 1 N–H and O–H groups in total. The van der Waals surface area contributed by atoms with Crippen LogP contribution in [-0.4, -0.2) is 13.1 Å². The maximum absolute atomic E-state index is 3.45. The van der Waals surface area contributed by atoms with Gasteiger partial charge >= 0.3 is 0 Å². The molecule has 1 aromatic carbocycles. The van der Waals surface area contributed by atoms with E-state index in [0.29, 0.717) is 0 Å². The summed E-state index contributed by atoms with van der Waals surface area (Å²) >= 11 is 0. The molecular formula is C17H27N. The molecule has 0 aromatic heterocycles. The van der Waals surface area contributed by atoms with Crippen LogP contribution in [0.4, 0.5) is 0 Å². The zero-order chi connectivity index (χ0) is 12.8. The van der Waals surface area contributed by atoms with Gasteiger partial charge in [-0.05, 0) is 68.2 Å². The quantitative estimate of drug-likeness (QED) is 0.831. The van der Waals surface area contributed by atoms with Crippen LogP contribution in [0.5, 0.6) is 0 Å². The smallest absolute Gasteiger partial charge is 0.00463 e. The highest BCUT2D eigenvalue weighted by Crippen LogP contribution is 2.21. The molecule has 0 unspecified atom stereocenters. The van der Waals surface area contributed by atoms with Crippen molar-refractivity contribution in [2.45, 2.75) is 46.0 Å². The van der Waals surface area contributed by atoms with Crippen LogP contribution in [0.3, 0.4) is 0 Å². The van der Waals surface area contributed by atoms with Crippen molar-refractivity contribution in [1.82, 2.24) is 5.32 Å². The van der Waals surface area contributed by atoms with Crippen LogP contribution < -0.4 is 5.32 Å². The fourth-order valence-electron chi connectivity index (χ4n) is 2.97. The molecule has 2 rings (SSSR count). The lowest BCUT2D eigenvalue weighted by Gasteiger charge is -2.23. The van der Waals surface area contributed by atoms with Crippen molar-refractivity contribution < 1.29 is 0 Å². The first kappa shape index (κ1) is 13.6. The summed E-state index contributed by atoms with van der Waals surface area (Å²) in [5.74, 6) is 1.70. The van der Waals surface area contributed by atoms with Crippen LogP contribution in [0.15, 0.2) is 24.3 Å². The van der Waals surface area contributed by atoms with Gasteiger partial charge in [-0.1, -0.05) is 38.1 Å². The van der Waals surface area contributed by atoms with Gasteiger partial charge in [0.05, 0.1) is 0 Å². The Morgan fingerprint density at radius 2 is 1.78 bits per heavy atom. The summed E-state index contributed by atoms with van der Waals surface area (Å²) in [5.41, 5.74) is 3.16. The van der Waals surface area contributed by atoms with E-state index in [1.54, 1.807) is 11.1 Å². The van der Waals surface area contributed by atoms with Crippen LogP contribution in [0, 0.1) is 11.8 Å². The van der Waals surface area contributed by atoms with Gasteiger partial charge in [-0.3, -0.25) is 0 Å². The highest BCUT2D eigenvalue weighted by atomic mass is 14.9. The van der Waals surface area contributed by atoms with Gasteiger partial charge in [0.1, 0.15) is 0 Å². The van der Waals surface area contributed by atoms with Crippen molar-refractivity contribution in [1.29, 1.82) is 0 Å². The first-order valence-electron chi connectivity index (χ1n) is 7.53. The second kappa shape index (κ2) is 6.94. The third kappa shape index (κ3) is 4.13. The van der Waals surface area contributed by atoms with Crippen molar-refractivity contribution in [2.24, 2.45) is 11.8 Å². The van der Waals surface area contributed by atoms with Gasteiger partial charge in [0.2, 0.25) is 0 Å². The van der Waals surface area contributed by atoms with Gasteiger partial charge in [0, 0.05) is 0 Å². The lowest BCUT2D eigenvalue weighted by Crippen LogP contribution is -2.27. The summed E-state index contributed by atoms with van der Waals surface area (Å²) in [6.07, 6.45) is 6.60. The molecule has 0 saturated carbocycles. The van der Waals surface area contributed by atoms with Gasteiger partial charge in [-0.2, -0.15) is 0 Å². The normalized spacial score (nSPS) is 17.3. The van der Waals surface area contributed by atoms with Gasteiger partial charge in [0.25, 0.3) is 0 Å². The minimum atomic E-state index is 0.755. The van der Waals surface area contributed by atoms with Gasteiger partial charge in [-0.15, -0.1) is 0 Å². The topological polar surface area (TPSA) is 12.0 Å². The van der Waals surface area contributed by atoms with Crippen molar-refractivity contribution in [3.8, 4) is 0 Å². The Kier molecular flexibility index (Phi) is 5.25. The summed E-state index contributed by atoms with van der Waals surface area (Å²) < 4.78 is 0. The molecule has 0 aliphatic carbocycles. The average Bonchev–Trinajstić information content (AvgIpc) is 2.38. The minimum absolute atomic E-state index is 0.755. The van der Waals surface area contributed by atoms with Gasteiger partial charge < -0.3 is 5.32 Å². The van der Waals surface area contributed by atoms with Crippen molar-refractivity contribution in [3.05, 3.63) is 35.4 Å². The minimum Gasteiger partial charge on any atom is -0.317 e. The summed E-state index contributed by atoms with van der Waals surface area (Å²) in [6, 6.07) is 9.03. The Hall–Kier alpha value is -0.820. The van der Waals surface area contributed by atoms with E-state index in [1.807, 2.05) is 0 Å². The molecule has 1 saturated heterocycles. The summed E-state index contributed by atoms with van der Waals surface area (Å²) in [4.78, 5) is 0. The fourth-order valence-corrected chi connectivity index (χ4v) is 2.97. The zero-order valence-corrected chi connectivity index (χ0v) is 11.9. The van der Waals surface area contributed by atoms with Crippen molar-refractivity contribution in [2.75, 3.05) is 13.1 Å². The number of hydrogen-bond acceptors (Lipinski definition) is 1. The highest BCUT2D eigenvalue weighted by Gasteiger charge is 2.13. The number of rotatable bonds is 5. The Morgan fingerprint density at radius 3 is 2.44 bits per heavy atom. The average molecular weight is 245 g/mol. The highest BCUT2D eigenvalue weighted by molar-refractivity contribution is 5.27. The van der Waals surface area contributed by atoms with E-state index < -0.39 is 0 Å². The van der Waals surface area contributed by atoms with Gasteiger partial charge in [0.15, 0.2) is 0 Å². The second-order valence-corrected chi connectivity index (χ2v) is 6.10. The molecule has 0 radical (unpaired) electrons. The fraction of sp³-hybridized carbons (Fsp3) is 0.647. The molecule has 100 valence electrons. The Labute approximate surface area is 112 Å². The molecule has 1 aliphatic heterocycles.